The van der Waals surface area contributed by atoms with Gasteiger partial charge in [0.05, 0.1) is 18.3 Å². The van der Waals surface area contributed by atoms with Crippen LogP contribution in [0.25, 0.3) is 11.1 Å². The number of alkyl halides is 1. The molecule has 2 aromatic carbocycles. The lowest BCUT2D eigenvalue weighted by Gasteiger charge is -2.34. The van der Waals surface area contributed by atoms with E-state index in [0.29, 0.717) is 37.6 Å². The van der Waals surface area contributed by atoms with Crippen LogP contribution in [0.3, 0.4) is 0 Å². The Morgan fingerprint density at radius 2 is 1.74 bits per heavy atom. The Labute approximate surface area is 206 Å². The van der Waals surface area contributed by atoms with E-state index in [4.69, 9.17) is 4.74 Å². The highest BCUT2D eigenvalue weighted by molar-refractivity contribution is 5.95. The number of benzene rings is 2. The Kier molecular flexibility index (Phi) is 8.07. The summed E-state index contributed by atoms with van der Waals surface area (Å²) < 4.78 is 34.6. The lowest BCUT2D eigenvalue weighted by Crippen LogP contribution is -2.42. The molecule has 7 heteroatoms. The summed E-state index contributed by atoms with van der Waals surface area (Å²) in [5.41, 5.74) is 0.392. The van der Waals surface area contributed by atoms with E-state index in [0.717, 1.165) is 43.7 Å². The fourth-order valence-corrected chi connectivity index (χ4v) is 4.98. The van der Waals surface area contributed by atoms with Gasteiger partial charge in [0.2, 0.25) is 0 Å². The summed E-state index contributed by atoms with van der Waals surface area (Å²) in [4.78, 5) is 16.4. The van der Waals surface area contributed by atoms with Crippen molar-refractivity contribution < 1.29 is 23.4 Å². The van der Waals surface area contributed by atoms with Crippen LogP contribution in [-0.2, 0) is 0 Å². The summed E-state index contributed by atoms with van der Waals surface area (Å²) in [6.07, 6.45) is 2.84. The summed E-state index contributed by atoms with van der Waals surface area (Å²) >= 11 is 0. The van der Waals surface area contributed by atoms with E-state index in [1.165, 1.54) is 17.0 Å². The van der Waals surface area contributed by atoms with E-state index >= 15 is 0 Å². The number of nitrogens with zero attached hydrogens (tertiary/aromatic N) is 2. The molecule has 2 aromatic rings. The lowest BCUT2D eigenvalue weighted by molar-refractivity contribution is 0.0470. The Morgan fingerprint density at radius 3 is 2.37 bits per heavy atom. The van der Waals surface area contributed by atoms with E-state index in [9.17, 15) is 18.7 Å². The van der Waals surface area contributed by atoms with E-state index in [1.54, 1.807) is 19.9 Å². The zero-order chi connectivity index (χ0) is 25.0. The van der Waals surface area contributed by atoms with Crippen LogP contribution in [0.4, 0.5) is 8.78 Å². The maximum absolute atomic E-state index is 14.8. The molecule has 4 rings (SSSR count). The van der Waals surface area contributed by atoms with E-state index in [-0.39, 0.29) is 18.0 Å². The maximum atomic E-state index is 14.8. The SMILES string of the molecule is CC(C)(F)CN1CCC(COc2ccc(-c3ccc(C(=O)N4CCC[C@H](O)C4)c(F)c3)cc2)CC1. The van der Waals surface area contributed by atoms with Crippen LogP contribution in [0.2, 0.25) is 0 Å². The molecule has 1 N–H and O–H groups in total. The molecule has 2 heterocycles. The molecule has 0 aromatic heterocycles. The molecule has 1 atom stereocenters. The number of β-amino-alcohol motifs (C(OH)–C–C–N with tert-alkyl or cyclic N) is 1. The van der Waals surface area contributed by atoms with Crippen molar-refractivity contribution in [1.82, 2.24) is 9.80 Å². The topological polar surface area (TPSA) is 53.0 Å². The zero-order valence-electron chi connectivity index (χ0n) is 20.7. The third-order valence-electron chi connectivity index (χ3n) is 6.86. The number of halogens is 2. The minimum Gasteiger partial charge on any atom is -0.493 e. The first-order valence-corrected chi connectivity index (χ1v) is 12.6. The minimum atomic E-state index is -1.17. The van der Waals surface area contributed by atoms with Crippen LogP contribution >= 0.6 is 0 Å². The lowest BCUT2D eigenvalue weighted by atomic mass is 9.97. The van der Waals surface area contributed by atoms with Gasteiger partial charge in [-0.1, -0.05) is 18.2 Å². The number of aliphatic hydroxyl groups is 1. The number of amides is 1. The van der Waals surface area contributed by atoms with Crippen LogP contribution < -0.4 is 4.74 Å². The summed E-state index contributed by atoms with van der Waals surface area (Å²) in [7, 11) is 0. The second-order valence-electron chi connectivity index (χ2n) is 10.5. The molecule has 0 bridgehead atoms. The molecule has 0 saturated carbocycles. The number of piperidine rings is 2. The summed E-state index contributed by atoms with van der Waals surface area (Å²) in [6.45, 7) is 6.91. The van der Waals surface area contributed by atoms with Gasteiger partial charge in [-0.25, -0.2) is 8.78 Å². The number of likely N-dealkylation sites (tertiary alicyclic amines) is 2. The first kappa shape index (κ1) is 25.6. The number of carbonyl (C=O) groups is 1. The summed E-state index contributed by atoms with van der Waals surface area (Å²) in [5.74, 6) is 0.275. The molecule has 2 aliphatic heterocycles. The van der Waals surface area contributed by atoms with Crippen molar-refractivity contribution in [1.29, 1.82) is 0 Å². The van der Waals surface area contributed by atoms with Gasteiger partial charge in [0, 0.05) is 19.6 Å². The predicted octanol–water partition coefficient (Wildman–Crippen LogP) is 4.93. The highest BCUT2D eigenvalue weighted by Gasteiger charge is 2.26. The fourth-order valence-electron chi connectivity index (χ4n) is 4.98. The Balaban J connectivity index is 1.30. The van der Waals surface area contributed by atoms with Crippen molar-refractivity contribution in [3.8, 4) is 16.9 Å². The second-order valence-corrected chi connectivity index (χ2v) is 10.5. The van der Waals surface area contributed by atoms with Gasteiger partial charge in [-0.3, -0.25) is 4.79 Å². The average molecular weight is 487 g/mol. The van der Waals surface area contributed by atoms with Crippen molar-refractivity contribution in [2.45, 2.75) is 51.3 Å². The molecule has 2 saturated heterocycles. The fraction of sp³-hybridized carbons (Fsp3) is 0.536. The molecule has 190 valence electrons. The Bertz CT molecular complexity index is 998. The van der Waals surface area contributed by atoms with Gasteiger partial charge in [-0.05, 0) is 93.9 Å². The standard InChI is InChI=1S/C28H36F2N2O3/c1-28(2,30)19-31-14-11-20(12-15-31)18-35-24-8-5-21(6-9-24)22-7-10-25(26(29)16-22)27(34)32-13-3-4-23(33)17-32/h5-10,16,20,23,33H,3-4,11-15,17-19H2,1-2H3/t23-/m0/s1. The van der Waals surface area contributed by atoms with Gasteiger partial charge < -0.3 is 19.6 Å². The molecular formula is C28H36F2N2O3. The molecule has 2 fully saturated rings. The van der Waals surface area contributed by atoms with Gasteiger partial charge in [-0.15, -0.1) is 0 Å². The average Bonchev–Trinajstić information content (AvgIpc) is 2.82. The van der Waals surface area contributed by atoms with Crippen molar-refractivity contribution in [3.63, 3.8) is 0 Å². The smallest absolute Gasteiger partial charge is 0.256 e. The highest BCUT2D eigenvalue weighted by Crippen LogP contribution is 2.27. The Morgan fingerprint density at radius 1 is 1.06 bits per heavy atom. The van der Waals surface area contributed by atoms with Crippen LogP contribution in [0, 0.1) is 11.7 Å². The van der Waals surface area contributed by atoms with Crippen LogP contribution in [0.5, 0.6) is 5.75 Å². The monoisotopic (exact) mass is 486 g/mol. The van der Waals surface area contributed by atoms with Gasteiger partial charge in [0.25, 0.3) is 5.91 Å². The van der Waals surface area contributed by atoms with E-state index < -0.39 is 17.6 Å². The van der Waals surface area contributed by atoms with Crippen molar-refractivity contribution in [2.75, 3.05) is 39.3 Å². The minimum absolute atomic E-state index is 0.0314. The molecular weight excluding hydrogens is 450 g/mol. The van der Waals surface area contributed by atoms with E-state index in [1.807, 2.05) is 24.3 Å². The summed E-state index contributed by atoms with van der Waals surface area (Å²) in [5, 5.41) is 9.81. The van der Waals surface area contributed by atoms with Crippen LogP contribution in [-0.4, -0.2) is 71.9 Å². The predicted molar refractivity (Wildman–Crippen MR) is 133 cm³/mol. The number of hydrogen-bond donors (Lipinski definition) is 1. The van der Waals surface area contributed by atoms with Crippen molar-refractivity contribution in [2.24, 2.45) is 5.92 Å². The summed E-state index contributed by atoms with van der Waals surface area (Å²) in [6, 6.07) is 12.2. The van der Waals surface area contributed by atoms with Crippen molar-refractivity contribution in [3.05, 3.63) is 53.8 Å². The largest absolute Gasteiger partial charge is 0.493 e. The molecule has 35 heavy (non-hydrogen) atoms. The zero-order valence-corrected chi connectivity index (χ0v) is 20.7. The van der Waals surface area contributed by atoms with Crippen molar-refractivity contribution >= 4 is 5.91 Å². The first-order chi connectivity index (χ1) is 16.7. The second kappa shape index (κ2) is 11.0. The van der Waals surface area contributed by atoms with Gasteiger partial charge in [0.1, 0.15) is 17.2 Å². The Hall–Kier alpha value is -2.51. The number of hydrogen-bond acceptors (Lipinski definition) is 4. The third kappa shape index (κ3) is 7.01. The van der Waals surface area contributed by atoms with Gasteiger partial charge >= 0.3 is 0 Å². The molecule has 0 spiro atoms. The number of aliphatic hydroxyl groups excluding tert-OH is 1. The quantitative estimate of drug-likeness (QED) is 0.603. The molecule has 5 nitrogen and oxygen atoms in total. The normalized spacial score (nSPS) is 20.1. The third-order valence-corrected chi connectivity index (χ3v) is 6.86. The first-order valence-electron chi connectivity index (χ1n) is 12.6. The molecule has 2 aliphatic rings. The number of ether oxygens (including phenoxy) is 1. The van der Waals surface area contributed by atoms with Gasteiger partial charge in [0.15, 0.2) is 0 Å². The van der Waals surface area contributed by atoms with E-state index in [2.05, 4.69) is 4.90 Å². The van der Waals surface area contributed by atoms with Crippen LogP contribution in [0.1, 0.15) is 49.9 Å². The number of rotatable bonds is 7. The highest BCUT2D eigenvalue weighted by atomic mass is 19.1. The van der Waals surface area contributed by atoms with Crippen LogP contribution in [0.15, 0.2) is 42.5 Å². The van der Waals surface area contributed by atoms with Gasteiger partial charge in [-0.2, -0.15) is 0 Å². The molecule has 0 radical (unpaired) electrons. The number of carbonyl (C=O) groups excluding carboxylic acids is 1. The maximum Gasteiger partial charge on any atom is 0.256 e. The molecule has 0 unspecified atom stereocenters. The molecule has 1 amide bonds. The molecule has 0 aliphatic carbocycles.